The number of benzene rings is 1. The van der Waals surface area contributed by atoms with Gasteiger partial charge in [0, 0.05) is 32.2 Å². The van der Waals surface area contributed by atoms with Crippen molar-refractivity contribution < 1.29 is 4.79 Å². The number of anilines is 1. The molecule has 2 rings (SSSR count). The van der Waals surface area contributed by atoms with Crippen molar-refractivity contribution in [2.45, 2.75) is 32.7 Å². The molecule has 1 atom stereocenters. The van der Waals surface area contributed by atoms with E-state index in [1.165, 1.54) is 24.1 Å². The van der Waals surface area contributed by atoms with Gasteiger partial charge in [-0.1, -0.05) is 12.1 Å². The van der Waals surface area contributed by atoms with Gasteiger partial charge in [-0.2, -0.15) is 0 Å². The summed E-state index contributed by atoms with van der Waals surface area (Å²) in [6.07, 6.45) is 2.46. The molecule has 0 bridgehead atoms. The third-order valence-corrected chi connectivity index (χ3v) is 5.45. The van der Waals surface area contributed by atoms with E-state index < -0.39 is 5.41 Å². The monoisotopic (exact) mass is 351 g/mol. The summed E-state index contributed by atoms with van der Waals surface area (Å²) in [4.78, 5) is 16.9. The predicted molar refractivity (Wildman–Crippen MR) is 102 cm³/mol. The summed E-state index contributed by atoms with van der Waals surface area (Å²) < 4.78 is 0. The lowest BCUT2D eigenvalue weighted by atomic mass is 9.95. The predicted octanol–water partition coefficient (Wildman–Crippen LogP) is 3.27. The van der Waals surface area contributed by atoms with E-state index in [1.54, 1.807) is 0 Å². The average Bonchev–Trinajstić information content (AvgIpc) is 3.09. The Labute approximate surface area is 151 Å². The van der Waals surface area contributed by atoms with E-state index in [0.29, 0.717) is 12.4 Å². The van der Waals surface area contributed by atoms with Crippen LogP contribution in [0.4, 0.5) is 5.69 Å². The van der Waals surface area contributed by atoms with Crippen LogP contribution in [0, 0.1) is 5.41 Å². The Kier molecular flexibility index (Phi) is 6.53. The molecule has 4 nitrogen and oxygen atoms in total. The van der Waals surface area contributed by atoms with Gasteiger partial charge in [0.2, 0.25) is 5.91 Å². The van der Waals surface area contributed by atoms with Crippen LogP contribution in [0.15, 0.2) is 24.3 Å². The first kappa shape index (κ1) is 19.1. The number of likely N-dealkylation sites (tertiary alicyclic amines) is 1. The molecule has 24 heavy (non-hydrogen) atoms. The van der Waals surface area contributed by atoms with E-state index >= 15 is 0 Å². The van der Waals surface area contributed by atoms with Crippen molar-refractivity contribution >= 4 is 23.2 Å². The Balaban J connectivity index is 2.11. The number of hydrogen-bond acceptors (Lipinski definition) is 3. The van der Waals surface area contributed by atoms with Crippen molar-refractivity contribution in [3.8, 4) is 0 Å². The van der Waals surface area contributed by atoms with Crippen molar-refractivity contribution in [1.29, 1.82) is 0 Å². The normalized spacial score (nSPS) is 16.9. The Morgan fingerprint density at radius 1 is 1.25 bits per heavy atom. The van der Waals surface area contributed by atoms with E-state index in [2.05, 4.69) is 39.4 Å². The lowest BCUT2D eigenvalue weighted by molar-refractivity contribution is -0.128. The number of nitrogens with one attached hydrogen (secondary N) is 1. The number of carbonyl (C=O) groups is 1. The summed E-state index contributed by atoms with van der Waals surface area (Å²) in [6, 6.07) is 8.86. The van der Waals surface area contributed by atoms with Crippen LogP contribution >= 0.6 is 11.6 Å². The number of alkyl halides is 1. The minimum atomic E-state index is -0.536. The van der Waals surface area contributed by atoms with E-state index in [1.807, 2.05) is 27.9 Å². The summed E-state index contributed by atoms with van der Waals surface area (Å²) in [5.74, 6) is 0.344. The first-order valence-corrected chi connectivity index (χ1v) is 9.24. The molecule has 0 radical (unpaired) electrons. The molecule has 1 heterocycles. The highest BCUT2D eigenvalue weighted by Gasteiger charge is 2.29. The van der Waals surface area contributed by atoms with E-state index in [9.17, 15) is 4.79 Å². The number of amides is 1. The molecule has 0 aliphatic carbocycles. The first-order chi connectivity index (χ1) is 11.3. The van der Waals surface area contributed by atoms with E-state index in [4.69, 9.17) is 11.6 Å². The minimum absolute atomic E-state index is 0.0200. The summed E-state index contributed by atoms with van der Waals surface area (Å²) in [6.45, 7) is 6.57. The quantitative estimate of drug-likeness (QED) is 0.766. The lowest BCUT2D eigenvalue weighted by Gasteiger charge is -2.30. The fraction of sp³-hybridized carbons (Fsp3) is 0.632. The van der Waals surface area contributed by atoms with Gasteiger partial charge in [0.05, 0.1) is 11.5 Å². The van der Waals surface area contributed by atoms with Crippen LogP contribution in [0.25, 0.3) is 0 Å². The van der Waals surface area contributed by atoms with Gasteiger partial charge in [0.1, 0.15) is 0 Å². The highest BCUT2D eigenvalue weighted by molar-refractivity contribution is 6.19. The average molecular weight is 352 g/mol. The van der Waals surface area contributed by atoms with Gasteiger partial charge in [-0.05, 0) is 57.5 Å². The van der Waals surface area contributed by atoms with Gasteiger partial charge in [0.25, 0.3) is 0 Å². The molecule has 1 aromatic rings. The molecule has 134 valence electrons. The number of halogens is 1. The zero-order chi connectivity index (χ0) is 17.7. The molecule has 1 aliphatic heterocycles. The van der Waals surface area contributed by atoms with Gasteiger partial charge >= 0.3 is 0 Å². The summed E-state index contributed by atoms with van der Waals surface area (Å²) >= 11 is 5.92. The van der Waals surface area contributed by atoms with Crippen LogP contribution in [0.2, 0.25) is 0 Å². The summed E-state index contributed by atoms with van der Waals surface area (Å²) in [7, 11) is 4.09. The van der Waals surface area contributed by atoms with Gasteiger partial charge in [-0.15, -0.1) is 11.6 Å². The summed E-state index contributed by atoms with van der Waals surface area (Å²) in [5, 5.41) is 3.11. The SMILES string of the molecule is CN(C)c1ccc([C@H](CNC(=O)C(C)(C)CCl)N2CCCC2)cc1. The van der Waals surface area contributed by atoms with E-state index in [-0.39, 0.29) is 11.9 Å². The molecule has 1 saturated heterocycles. The Morgan fingerprint density at radius 3 is 2.33 bits per heavy atom. The Bertz CT molecular complexity index is 536. The van der Waals surface area contributed by atoms with Gasteiger partial charge in [0.15, 0.2) is 0 Å². The second-order valence-electron chi connectivity index (χ2n) is 7.47. The number of carbonyl (C=O) groups excluding carboxylic acids is 1. The third-order valence-electron chi connectivity index (χ3n) is 4.78. The highest BCUT2D eigenvalue weighted by Crippen LogP contribution is 2.27. The van der Waals surface area contributed by atoms with Gasteiger partial charge < -0.3 is 10.2 Å². The lowest BCUT2D eigenvalue weighted by Crippen LogP contribution is -2.43. The number of hydrogen-bond donors (Lipinski definition) is 1. The molecule has 0 saturated carbocycles. The van der Waals surface area contributed by atoms with Gasteiger partial charge in [-0.25, -0.2) is 0 Å². The zero-order valence-corrected chi connectivity index (χ0v) is 16.1. The molecule has 0 spiro atoms. The second-order valence-corrected chi connectivity index (χ2v) is 7.74. The standard InChI is InChI=1S/C19H30ClN3O/c1-19(2,14-20)18(24)21-13-17(23-11-5-6-12-23)15-7-9-16(10-8-15)22(3)4/h7-10,17H,5-6,11-14H2,1-4H3,(H,21,24)/t17-/m0/s1. The second kappa shape index (κ2) is 8.21. The fourth-order valence-electron chi connectivity index (χ4n) is 2.99. The largest absolute Gasteiger partial charge is 0.378 e. The maximum absolute atomic E-state index is 12.4. The Morgan fingerprint density at radius 2 is 1.83 bits per heavy atom. The first-order valence-electron chi connectivity index (χ1n) is 8.71. The molecule has 0 unspecified atom stereocenters. The van der Waals surface area contributed by atoms with Crippen molar-refractivity contribution in [2.75, 3.05) is 44.5 Å². The van der Waals surface area contributed by atoms with Crippen molar-refractivity contribution in [3.63, 3.8) is 0 Å². The fourth-order valence-corrected chi connectivity index (χ4v) is 3.12. The molecule has 0 aromatic heterocycles. The van der Waals surface area contributed by atoms with Crippen LogP contribution in [-0.4, -0.2) is 50.4 Å². The maximum atomic E-state index is 12.4. The van der Waals surface area contributed by atoms with Crippen LogP contribution in [0.5, 0.6) is 0 Å². The molecular formula is C19H30ClN3O. The zero-order valence-electron chi connectivity index (χ0n) is 15.3. The van der Waals surface area contributed by atoms with Crippen molar-refractivity contribution in [1.82, 2.24) is 10.2 Å². The molecule has 1 aliphatic rings. The highest BCUT2D eigenvalue weighted by atomic mass is 35.5. The van der Waals surface area contributed by atoms with Crippen LogP contribution in [-0.2, 0) is 4.79 Å². The van der Waals surface area contributed by atoms with Crippen molar-refractivity contribution in [2.24, 2.45) is 5.41 Å². The van der Waals surface area contributed by atoms with Gasteiger partial charge in [-0.3, -0.25) is 9.69 Å². The number of rotatable bonds is 7. The topological polar surface area (TPSA) is 35.6 Å². The molecule has 1 amide bonds. The van der Waals surface area contributed by atoms with Crippen LogP contribution in [0.3, 0.4) is 0 Å². The van der Waals surface area contributed by atoms with E-state index in [0.717, 1.165) is 13.1 Å². The minimum Gasteiger partial charge on any atom is -0.378 e. The van der Waals surface area contributed by atoms with Crippen LogP contribution in [0.1, 0.15) is 38.3 Å². The molecule has 1 fully saturated rings. The molecule has 5 heteroatoms. The Hall–Kier alpha value is -1.26. The number of nitrogens with zero attached hydrogens (tertiary/aromatic N) is 2. The smallest absolute Gasteiger partial charge is 0.226 e. The summed E-state index contributed by atoms with van der Waals surface area (Å²) in [5.41, 5.74) is 1.91. The third kappa shape index (κ3) is 4.64. The van der Waals surface area contributed by atoms with Crippen molar-refractivity contribution in [3.05, 3.63) is 29.8 Å². The molecular weight excluding hydrogens is 322 g/mol. The molecule has 1 aromatic carbocycles. The maximum Gasteiger partial charge on any atom is 0.226 e. The van der Waals surface area contributed by atoms with Crippen LogP contribution < -0.4 is 10.2 Å². The molecule has 1 N–H and O–H groups in total.